The van der Waals surface area contributed by atoms with E-state index < -0.39 is 10.0 Å². The Labute approximate surface area is 127 Å². The molecule has 0 aromatic heterocycles. The van der Waals surface area contributed by atoms with Crippen LogP contribution < -0.4 is 5.32 Å². The highest BCUT2D eigenvalue weighted by atomic mass is 79.9. The quantitative estimate of drug-likeness (QED) is 0.888. The molecule has 0 spiro atoms. The topological polar surface area (TPSA) is 49.4 Å². The fourth-order valence-electron chi connectivity index (χ4n) is 2.28. The van der Waals surface area contributed by atoms with Crippen molar-refractivity contribution < 1.29 is 8.42 Å². The molecular weight excluding hydrogens is 352 g/mol. The van der Waals surface area contributed by atoms with Crippen LogP contribution in [0.3, 0.4) is 0 Å². The van der Waals surface area contributed by atoms with Crippen molar-refractivity contribution in [1.82, 2.24) is 9.62 Å². The molecule has 1 heterocycles. The summed E-state index contributed by atoms with van der Waals surface area (Å²) in [6, 6.07) is 4.89. The van der Waals surface area contributed by atoms with E-state index in [1.165, 1.54) is 4.31 Å². The summed E-state index contributed by atoms with van der Waals surface area (Å²) in [4.78, 5) is 0.175. The third-order valence-electron chi connectivity index (χ3n) is 3.25. The van der Waals surface area contributed by atoms with Crippen LogP contribution in [0.5, 0.6) is 0 Å². The first-order valence-corrected chi connectivity index (χ1v) is 8.66. The first kappa shape index (κ1) is 15.3. The summed E-state index contributed by atoms with van der Waals surface area (Å²) in [5.74, 6) is 0.366. The van der Waals surface area contributed by atoms with E-state index in [1.54, 1.807) is 18.2 Å². The molecule has 1 unspecified atom stereocenters. The minimum atomic E-state index is -3.50. The zero-order valence-electron chi connectivity index (χ0n) is 10.6. The van der Waals surface area contributed by atoms with E-state index >= 15 is 0 Å². The second kappa shape index (κ2) is 6.10. The predicted octanol–water partition coefficient (Wildman–Crippen LogP) is 2.33. The van der Waals surface area contributed by atoms with Crippen molar-refractivity contribution in [1.29, 1.82) is 0 Å². The molecule has 4 nitrogen and oxygen atoms in total. The smallest absolute Gasteiger partial charge is 0.244 e. The molecule has 106 valence electrons. The molecule has 0 amide bonds. The second-order valence-electron chi connectivity index (χ2n) is 4.65. The van der Waals surface area contributed by atoms with Crippen molar-refractivity contribution in [3.8, 4) is 0 Å². The van der Waals surface area contributed by atoms with Crippen molar-refractivity contribution >= 4 is 37.6 Å². The van der Waals surface area contributed by atoms with Gasteiger partial charge in [-0.25, -0.2) is 8.42 Å². The van der Waals surface area contributed by atoms with Crippen LogP contribution in [-0.4, -0.2) is 39.4 Å². The monoisotopic (exact) mass is 366 g/mol. The molecular formula is C12H16BrClN2O2S. The number of hydrogen-bond donors (Lipinski definition) is 1. The molecule has 1 N–H and O–H groups in total. The molecule has 0 radical (unpaired) electrons. The van der Waals surface area contributed by atoms with Crippen LogP contribution in [0, 0.1) is 5.92 Å². The molecule has 1 saturated heterocycles. The molecule has 1 aliphatic heterocycles. The molecule has 2 rings (SSSR count). The minimum absolute atomic E-state index is 0.175. The van der Waals surface area contributed by atoms with Crippen molar-refractivity contribution in [2.45, 2.75) is 11.3 Å². The number of nitrogens with zero attached hydrogens (tertiary/aromatic N) is 1. The number of halogens is 2. The van der Waals surface area contributed by atoms with Gasteiger partial charge in [-0.15, -0.1) is 0 Å². The maximum atomic E-state index is 12.6. The van der Waals surface area contributed by atoms with E-state index in [2.05, 4.69) is 21.2 Å². The fourth-order valence-corrected chi connectivity index (χ4v) is 4.83. The highest BCUT2D eigenvalue weighted by molar-refractivity contribution is 9.10. The van der Waals surface area contributed by atoms with Gasteiger partial charge in [0.25, 0.3) is 0 Å². The van der Waals surface area contributed by atoms with Gasteiger partial charge in [0.1, 0.15) is 4.90 Å². The summed E-state index contributed by atoms with van der Waals surface area (Å²) in [5, 5.41) is 3.35. The molecule has 1 fully saturated rings. The van der Waals surface area contributed by atoms with E-state index in [0.29, 0.717) is 23.5 Å². The van der Waals surface area contributed by atoms with E-state index in [9.17, 15) is 8.42 Å². The van der Waals surface area contributed by atoms with Crippen LogP contribution in [0.15, 0.2) is 27.6 Å². The predicted molar refractivity (Wildman–Crippen MR) is 79.9 cm³/mol. The van der Waals surface area contributed by atoms with Crippen LogP contribution in [0.2, 0.25) is 5.02 Å². The first-order chi connectivity index (χ1) is 8.95. The van der Waals surface area contributed by atoms with Crippen LogP contribution >= 0.6 is 27.5 Å². The lowest BCUT2D eigenvalue weighted by atomic mass is 10.1. The number of benzene rings is 1. The Morgan fingerprint density at radius 1 is 1.53 bits per heavy atom. The normalized spacial score (nSPS) is 20.9. The van der Waals surface area contributed by atoms with Gasteiger partial charge >= 0.3 is 0 Å². The largest absolute Gasteiger partial charge is 0.319 e. The summed E-state index contributed by atoms with van der Waals surface area (Å²) in [7, 11) is -1.62. The van der Waals surface area contributed by atoms with E-state index in [-0.39, 0.29) is 9.92 Å². The number of hydrogen-bond acceptors (Lipinski definition) is 3. The van der Waals surface area contributed by atoms with Crippen LogP contribution in [0.4, 0.5) is 0 Å². The summed E-state index contributed by atoms with van der Waals surface area (Å²) < 4.78 is 27.3. The van der Waals surface area contributed by atoms with Gasteiger partial charge in [-0.05, 0) is 44.1 Å². The molecule has 19 heavy (non-hydrogen) atoms. The fraction of sp³-hybridized carbons (Fsp3) is 0.500. The second-order valence-corrected chi connectivity index (χ2v) is 7.88. The maximum Gasteiger partial charge on any atom is 0.244 e. The Hall–Kier alpha value is -0.140. The van der Waals surface area contributed by atoms with E-state index in [4.69, 9.17) is 11.6 Å². The highest BCUT2D eigenvalue weighted by Crippen LogP contribution is 2.30. The van der Waals surface area contributed by atoms with Gasteiger partial charge in [0.2, 0.25) is 10.0 Å². The van der Waals surface area contributed by atoms with Crippen molar-refractivity contribution in [3.05, 3.63) is 27.7 Å². The molecule has 1 aromatic carbocycles. The van der Waals surface area contributed by atoms with Gasteiger partial charge in [0, 0.05) is 17.6 Å². The molecule has 7 heteroatoms. The molecule has 1 aliphatic rings. The van der Waals surface area contributed by atoms with Crippen LogP contribution in [0.25, 0.3) is 0 Å². The lowest BCUT2D eigenvalue weighted by molar-refractivity contribution is 0.451. The first-order valence-electron chi connectivity index (χ1n) is 6.05. The van der Waals surface area contributed by atoms with Gasteiger partial charge in [-0.3, -0.25) is 0 Å². The number of nitrogens with one attached hydrogen (secondary N) is 1. The zero-order valence-corrected chi connectivity index (χ0v) is 13.7. The average molecular weight is 368 g/mol. The average Bonchev–Trinajstić information content (AvgIpc) is 2.82. The van der Waals surface area contributed by atoms with Gasteiger partial charge in [0.15, 0.2) is 0 Å². The Kier molecular flexibility index (Phi) is 4.89. The lowest BCUT2D eigenvalue weighted by Crippen LogP contribution is -2.30. The Bertz CT molecular complexity index is 565. The summed E-state index contributed by atoms with van der Waals surface area (Å²) in [5.41, 5.74) is 0. The number of sulfonamides is 1. The van der Waals surface area contributed by atoms with Crippen molar-refractivity contribution in [3.63, 3.8) is 0 Å². The van der Waals surface area contributed by atoms with E-state index in [1.807, 2.05) is 7.05 Å². The molecule has 1 aromatic rings. The van der Waals surface area contributed by atoms with Gasteiger partial charge in [-0.1, -0.05) is 27.5 Å². The third-order valence-corrected chi connectivity index (χ3v) is 6.09. The van der Waals surface area contributed by atoms with Crippen LogP contribution in [0.1, 0.15) is 6.42 Å². The Balaban J connectivity index is 2.26. The number of rotatable bonds is 4. The zero-order chi connectivity index (χ0) is 14.0. The van der Waals surface area contributed by atoms with Crippen molar-refractivity contribution in [2.24, 2.45) is 5.92 Å². The minimum Gasteiger partial charge on any atom is -0.319 e. The van der Waals surface area contributed by atoms with Crippen LogP contribution in [-0.2, 0) is 10.0 Å². The molecule has 0 aliphatic carbocycles. The van der Waals surface area contributed by atoms with Crippen molar-refractivity contribution in [2.75, 3.05) is 26.7 Å². The maximum absolute atomic E-state index is 12.6. The summed E-state index contributed by atoms with van der Waals surface area (Å²) in [6.45, 7) is 1.93. The standard InChI is InChI=1S/C12H16BrClN2O2S/c1-15-7-9-4-5-16(8-9)19(17,18)12-6-10(13)2-3-11(12)14/h2-3,6,9,15H,4-5,7-8H2,1H3. The Morgan fingerprint density at radius 3 is 2.95 bits per heavy atom. The van der Waals surface area contributed by atoms with Gasteiger partial charge in [-0.2, -0.15) is 4.31 Å². The van der Waals surface area contributed by atoms with Gasteiger partial charge in [0.05, 0.1) is 5.02 Å². The molecule has 1 atom stereocenters. The molecule has 0 bridgehead atoms. The van der Waals surface area contributed by atoms with Gasteiger partial charge < -0.3 is 5.32 Å². The summed E-state index contributed by atoms with van der Waals surface area (Å²) >= 11 is 9.30. The SMILES string of the molecule is CNCC1CCN(S(=O)(=O)c2cc(Br)ccc2Cl)C1. The lowest BCUT2D eigenvalue weighted by Gasteiger charge is -2.17. The van der Waals surface area contributed by atoms with E-state index in [0.717, 1.165) is 13.0 Å². The Morgan fingerprint density at radius 2 is 2.26 bits per heavy atom. The summed E-state index contributed by atoms with van der Waals surface area (Å²) in [6.07, 6.45) is 0.881. The third kappa shape index (κ3) is 3.31. The highest BCUT2D eigenvalue weighted by Gasteiger charge is 2.33. The molecule has 0 saturated carbocycles.